The molecule has 2 nitrogen and oxygen atoms in total. The SMILES string of the molecule is OCC(O)CSCc1cccc(F)c1Cl. The molecule has 0 aromatic heterocycles. The Morgan fingerprint density at radius 2 is 2.20 bits per heavy atom. The zero-order valence-electron chi connectivity index (χ0n) is 7.99. The van der Waals surface area contributed by atoms with Gasteiger partial charge < -0.3 is 10.2 Å². The summed E-state index contributed by atoms with van der Waals surface area (Å²) in [4.78, 5) is 0. The van der Waals surface area contributed by atoms with E-state index in [9.17, 15) is 4.39 Å². The minimum atomic E-state index is -0.734. The summed E-state index contributed by atoms with van der Waals surface area (Å²) in [5.74, 6) is 0.495. The largest absolute Gasteiger partial charge is 0.394 e. The number of hydrogen-bond donors (Lipinski definition) is 2. The zero-order valence-corrected chi connectivity index (χ0v) is 9.56. The van der Waals surface area contributed by atoms with Gasteiger partial charge in [0.2, 0.25) is 0 Å². The lowest BCUT2D eigenvalue weighted by atomic mass is 10.2. The molecule has 0 fully saturated rings. The second-order valence-corrected chi connectivity index (χ2v) is 4.47. The maximum atomic E-state index is 13.0. The van der Waals surface area contributed by atoms with Gasteiger partial charge in [-0.1, -0.05) is 23.7 Å². The van der Waals surface area contributed by atoms with Crippen LogP contribution in [0.15, 0.2) is 18.2 Å². The molecule has 1 atom stereocenters. The van der Waals surface area contributed by atoms with Gasteiger partial charge in [-0.05, 0) is 11.6 Å². The van der Waals surface area contributed by atoms with Crippen LogP contribution in [0.25, 0.3) is 0 Å². The van der Waals surface area contributed by atoms with Gasteiger partial charge in [0, 0.05) is 11.5 Å². The van der Waals surface area contributed by atoms with Gasteiger partial charge in [-0.25, -0.2) is 4.39 Å². The first kappa shape index (κ1) is 12.8. The van der Waals surface area contributed by atoms with Crippen LogP contribution in [0.5, 0.6) is 0 Å². The second-order valence-electron chi connectivity index (χ2n) is 3.06. The fraction of sp³-hybridized carbons (Fsp3) is 0.400. The Kier molecular flexibility index (Phi) is 5.39. The molecule has 15 heavy (non-hydrogen) atoms. The van der Waals surface area contributed by atoms with Gasteiger partial charge >= 0.3 is 0 Å². The van der Waals surface area contributed by atoms with Gasteiger partial charge in [0.05, 0.1) is 17.7 Å². The van der Waals surface area contributed by atoms with Crippen molar-refractivity contribution < 1.29 is 14.6 Å². The number of halogens is 2. The monoisotopic (exact) mass is 250 g/mol. The summed E-state index contributed by atoms with van der Waals surface area (Å²) >= 11 is 7.14. The number of rotatable bonds is 5. The maximum absolute atomic E-state index is 13.0. The molecule has 0 saturated heterocycles. The Bertz CT molecular complexity index is 322. The smallest absolute Gasteiger partial charge is 0.142 e. The predicted molar refractivity (Wildman–Crippen MR) is 60.7 cm³/mol. The molecule has 1 aromatic carbocycles. The average molecular weight is 251 g/mol. The van der Waals surface area contributed by atoms with Gasteiger partial charge in [-0.2, -0.15) is 11.8 Å². The van der Waals surface area contributed by atoms with Crippen molar-refractivity contribution in [3.63, 3.8) is 0 Å². The van der Waals surface area contributed by atoms with Crippen LogP contribution in [0.3, 0.4) is 0 Å². The molecule has 1 rings (SSSR count). The summed E-state index contributed by atoms with van der Waals surface area (Å²) in [7, 11) is 0. The minimum Gasteiger partial charge on any atom is -0.394 e. The highest BCUT2D eigenvalue weighted by molar-refractivity contribution is 7.98. The van der Waals surface area contributed by atoms with Crippen LogP contribution in [0.4, 0.5) is 4.39 Å². The number of hydrogen-bond acceptors (Lipinski definition) is 3. The molecular weight excluding hydrogens is 239 g/mol. The molecule has 5 heteroatoms. The van der Waals surface area contributed by atoms with Crippen molar-refractivity contribution in [1.82, 2.24) is 0 Å². The number of thioether (sulfide) groups is 1. The summed E-state index contributed by atoms with van der Waals surface area (Å²) in [6.45, 7) is -0.260. The molecule has 2 N–H and O–H groups in total. The zero-order chi connectivity index (χ0) is 11.3. The maximum Gasteiger partial charge on any atom is 0.142 e. The average Bonchev–Trinajstić information content (AvgIpc) is 2.24. The molecule has 0 spiro atoms. The summed E-state index contributed by atoms with van der Waals surface area (Å²) in [5, 5.41) is 17.8. The van der Waals surface area contributed by atoms with Crippen molar-refractivity contribution in [2.45, 2.75) is 11.9 Å². The molecule has 1 aromatic rings. The van der Waals surface area contributed by atoms with Crippen molar-refractivity contribution in [2.75, 3.05) is 12.4 Å². The first-order valence-corrected chi connectivity index (χ1v) is 5.98. The van der Waals surface area contributed by atoms with E-state index in [0.717, 1.165) is 0 Å². The Morgan fingerprint density at radius 1 is 1.47 bits per heavy atom. The molecule has 0 aliphatic carbocycles. The van der Waals surface area contributed by atoms with E-state index in [2.05, 4.69) is 0 Å². The highest BCUT2D eigenvalue weighted by Gasteiger charge is 2.07. The third-order valence-corrected chi connectivity index (χ3v) is 3.37. The van der Waals surface area contributed by atoms with Gasteiger partial charge in [0.25, 0.3) is 0 Å². The Morgan fingerprint density at radius 3 is 2.87 bits per heavy atom. The quantitative estimate of drug-likeness (QED) is 0.841. The van der Waals surface area contributed by atoms with E-state index in [1.165, 1.54) is 17.8 Å². The molecule has 0 bridgehead atoms. The topological polar surface area (TPSA) is 40.5 Å². The molecule has 0 saturated carbocycles. The third kappa shape index (κ3) is 3.99. The minimum absolute atomic E-state index is 0.128. The summed E-state index contributed by atoms with van der Waals surface area (Å²) in [6, 6.07) is 4.64. The van der Waals surface area contributed by atoms with Crippen LogP contribution in [-0.2, 0) is 5.75 Å². The molecular formula is C10H12ClFO2S. The van der Waals surface area contributed by atoms with Gasteiger partial charge in [-0.3, -0.25) is 0 Å². The number of benzene rings is 1. The molecule has 0 heterocycles. The highest BCUT2D eigenvalue weighted by Crippen LogP contribution is 2.23. The molecule has 0 radical (unpaired) electrons. The van der Waals surface area contributed by atoms with E-state index >= 15 is 0 Å². The van der Waals surface area contributed by atoms with Crippen molar-refractivity contribution >= 4 is 23.4 Å². The molecule has 0 aliphatic heterocycles. The fourth-order valence-corrected chi connectivity index (χ4v) is 2.25. The van der Waals surface area contributed by atoms with Crippen LogP contribution < -0.4 is 0 Å². The number of aliphatic hydroxyl groups excluding tert-OH is 2. The molecule has 0 aliphatic rings. The lowest BCUT2D eigenvalue weighted by Gasteiger charge is -2.07. The standard InChI is InChI=1S/C10H12ClFO2S/c11-10-7(2-1-3-9(10)12)5-15-6-8(14)4-13/h1-3,8,13-14H,4-6H2. The third-order valence-electron chi connectivity index (χ3n) is 1.81. The van der Waals surface area contributed by atoms with Crippen LogP contribution in [0.1, 0.15) is 5.56 Å². The van der Waals surface area contributed by atoms with Gasteiger partial charge in [0.1, 0.15) is 5.82 Å². The van der Waals surface area contributed by atoms with Crippen LogP contribution in [0, 0.1) is 5.82 Å². The predicted octanol–water partition coefficient (Wildman–Crippen LogP) is 2.07. The van der Waals surface area contributed by atoms with Crippen LogP contribution in [-0.4, -0.2) is 28.7 Å². The fourth-order valence-electron chi connectivity index (χ4n) is 1.02. The van der Waals surface area contributed by atoms with E-state index in [4.69, 9.17) is 21.8 Å². The molecule has 1 unspecified atom stereocenters. The van der Waals surface area contributed by atoms with E-state index < -0.39 is 11.9 Å². The Labute approximate surface area is 97.1 Å². The van der Waals surface area contributed by atoms with E-state index in [1.807, 2.05) is 0 Å². The van der Waals surface area contributed by atoms with Crippen molar-refractivity contribution in [1.29, 1.82) is 0 Å². The van der Waals surface area contributed by atoms with Crippen molar-refractivity contribution in [3.8, 4) is 0 Å². The first-order valence-electron chi connectivity index (χ1n) is 4.44. The lowest BCUT2D eigenvalue weighted by molar-refractivity contribution is 0.113. The summed E-state index contributed by atoms with van der Waals surface area (Å²) in [5.41, 5.74) is 0.701. The second kappa shape index (κ2) is 6.33. The van der Waals surface area contributed by atoms with Gasteiger partial charge in [0.15, 0.2) is 0 Å². The van der Waals surface area contributed by atoms with Crippen LogP contribution in [0.2, 0.25) is 5.02 Å². The molecule has 84 valence electrons. The van der Waals surface area contributed by atoms with Crippen LogP contribution >= 0.6 is 23.4 Å². The first-order chi connectivity index (χ1) is 7.15. The Hall–Kier alpha value is -0.290. The number of aliphatic hydroxyl groups is 2. The summed E-state index contributed by atoms with van der Waals surface area (Å²) in [6.07, 6.45) is -0.734. The van der Waals surface area contributed by atoms with Gasteiger partial charge in [-0.15, -0.1) is 0 Å². The molecule has 0 amide bonds. The normalized spacial score (nSPS) is 12.8. The van der Waals surface area contributed by atoms with Crippen molar-refractivity contribution in [3.05, 3.63) is 34.6 Å². The lowest BCUT2D eigenvalue weighted by Crippen LogP contribution is -2.14. The van der Waals surface area contributed by atoms with E-state index in [0.29, 0.717) is 17.1 Å². The van der Waals surface area contributed by atoms with Crippen molar-refractivity contribution in [2.24, 2.45) is 0 Å². The Balaban J connectivity index is 2.47. The highest BCUT2D eigenvalue weighted by atomic mass is 35.5. The van der Waals surface area contributed by atoms with E-state index in [1.54, 1.807) is 12.1 Å². The summed E-state index contributed by atoms with van der Waals surface area (Å²) < 4.78 is 13.0. The van der Waals surface area contributed by atoms with E-state index in [-0.39, 0.29) is 11.6 Å².